The van der Waals surface area contributed by atoms with Crippen LogP contribution in [0.4, 0.5) is 5.69 Å². The summed E-state index contributed by atoms with van der Waals surface area (Å²) < 4.78 is 1.90. The molecule has 2 heterocycles. The maximum Gasteiger partial charge on any atom is 0.292 e. The third kappa shape index (κ3) is 3.94. The first-order chi connectivity index (χ1) is 13.6. The Kier molecular flexibility index (Phi) is 5.85. The molecule has 1 aromatic carbocycles. The van der Waals surface area contributed by atoms with E-state index in [-0.39, 0.29) is 18.0 Å². The molecule has 0 saturated carbocycles. The van der Waals surface area contributed by atoms with Gasteiger partial charge in [0.15, 0.2) is 0 Å². The lowest BCUT2D eigenvalue weighted by Crippen LogP contribution is -2.36. The SMILES string of the molecule is Cc1ccc(NC(=O)c2c(C)c(C(=O)C(=O)NC(C)C)c3n2[C@@H](C)CC3)cc1Cl. The minimum atomic E-state index is -0.645. The Hall–Kier alpha value is -2.60. The molecule has 7 heteroatoms. The zero-order valence-corrected chi connectivity index (χ0v) is 18.1. The van der Waals surface area contributed by atoms with Crippen LogP contribution < -0.4 is 10.6 Å². The second-order valence-electron chi connectivity index (χ2n) is 7.93. The molecule has 0 spiro atoms. The molecule has 0 unspecified atom stereocenters. The molecule has 3 rings (SSSR count). The largest absolute Gasteiger partial charge is 0.347 e. The Bertz CT molecular complexity index is 1010. The maximum absolute atomic E-state index is 13.1. The second-order valence-corrected chi connectivity index (χ2v) is 8.34. The number of Topliss-reactive ketones (excluding diaryl/α,β-unsaturated/α-hetero) is 1. The molecule has 29 heavy (non-hydrogen) atoms. The maximum atomic E-state index is 13.1. The third-order valence-corrected chi connectivity index (χ3v) is 5.70. The van der Waals surface area contributed by atoms with Gasteiger partial charge in [0.1, 0.15) is 5.69 Å². The number of benzene rings is 1. The number of aryl methyl sites for hydroxylation is 1. The van der Waals surface area contributed by atoms with Crippen molar-refractivity contribution in [1.29, 1.82) is 0 Å². The van der Waals surface area contributed by atoms with Gasteiger partial charge in [-0.1, -0.05) is 17.7 Å². The number of nitrogens with one attached hydrogen (secondary N) is 2. The minimum absolute atomic E-state index is 0.0702. The molecule has 0 aliphatic carbocycles. The number of aromatic nitrogens is 1. The predicted octanol–water partition coefficient (Wildman–Crippen LogP) is 4.23. The van der Waals surface area contributed by atoms with Crippen LogP contribution in [0.3, 0.4) is 0 Å². The molecule has 1 aromatic heterocycles. The van der Waals surface area contributed by atoms with Gasteiger partial charge in [-0.05, 0) is 70.7 Å². The summed E-state index contributed by atoms with van der Waals surface area (Å²) in [6.07, 6.45) is 1.47. The van der Waals surface area contributed by atoms with Gasteiger partial charge in [-0.25, -0.2) is 0 Å². The lowest BCUT2D eigenvalue weighted by molar-refractivity contribution is -0.117. The number of nitrogens with zero attached hydrogens (tertiary/aromatic N) is 1. The molecular formula is C22H26ClN3O3. The topological polar surface area (TPSA) is 80.2 Å². The van der Waals surface area contributed by atoms with E-state index in [0.717, 1.165) is 17.7 Å². The zero-order valence-electron chi connectivity index (χ0n) is 17.4. The van der Waals surface area contributed by atoms with Crippen LogP contribution in [0.2, 0.25) is 5.02 Å². The number of fused-ring (bicyclic) bond motifs is 1. The van der Waals surface area contributed by atoms with Crippen molar-refractivity contribution in [2.45, 2.75) is 59.5 Å². The number of ketones is 1. The van der Waals surface area contributed by atoms with E-state index in [0.29, 0.717) is 34.0 Å². The number of rotatable bonds is 5. The minimum Gasteiger partial charge on any atom is -0.347 e. The van der Waals surface area contributed by atoms with Gasteiger partial charge >= 0.3 is 0 Å². The normalized spacial score (nSPS) is 15.3. The van der Waals surface area contributed by atoms with E-state index in [4.69, 9.17) is 11.6 Å². The molecule has 2 N–H and O–H groups in total. The second kappa shape index (κ2) is 8.03. The van der Waals surface area contributed by atoms with Gasteiger partial charge in [-0.3, -0.25) is 14.4 Å². The summed E-state index contributed by atoms with van der Waals surface area (Å²) >= 11 is 6.17. The van der Waals surface area contributed by atoms with E-state index >= 15 is 0 Å². The predicted molar refractivity (Wildman–Crippen MR) is 114 cm³/mol. The number of hydrogen-bond donors (Lipinski definition) is 2. The first kappa shape index (κ1) is 21.1. The van der Waals surface area contributed by atoms with Crippen LogP contribution in [-0.2, 0) is 11.2 Å². The fraction of sp³-hybridized carbons (Fsp3) is 0.409. The number of anilines is 1. The average Bonchev–Trinajstić information content (AvgIpc) is 3.13. The van der Waals surface area contributed by atoms with Gasteiger partial charge in [0.2, 0.25) is 0 Å². The van der Waals surface area contributed by atoms with Gasteiger partial charge in [0.25, 0.3) is 17.6 Å². The lowest BCUT2D eigenvalue weighted by Gasteiger charge is -2.14. The van der Waals surface area contributed by atoms with Crippen LogP contribution in [-0.4, -0.2) is 28.2 Å². The summed E-state index contributed by atoms with van der Waals surface area (Å²) in [5.41, 5.74) is 3.55. The number of halogens is 1. The summed E-state index contributed by atoms with van der Waals surface area (Å²) in [6.45, 7) is 9.23. The summed E-state index contributed by atoms with van der Waals surface area (Å²) in [6, 6.07) is 5.25. The van der Waals surface area contributed by atoms with E-state index in [9.17, 15) is 14.4 Å². The molecule has 1 aliphatic rings. The van der Waals surface area contributed by atoms with Gasteiger partial charge in [-0.2, -0.15) is 0 Å². The lowest BCUT2D eigenvalue weighted by atomic mass is 10.0. The van der Waals surface area contributed by atoms with Crippen LogP contribution in [0.15, 0.2) is 18.2 Å². The summed E-state index contributed by atoms with van der Waals surface area (Å²) in [5, 5.41) is 6.09. The molecule has 1 atom stereocenters. The van der Waals surface area contributed by atoms with Gasteiger partial charge in [0.05, 0.1) is 5.56 Å². The van der Waals surface area contributed by atoms with Crippen LogP contribution in [0, 0.1) is 13.8 Å². The first-order valence-corrected chi connectivity index (χ1v) is 10.2. The van der Waals surface area contributed by atoms with E-state index in [1.807, 2.05) is 24.5 Å². The van der Waals surface area contributed by atoms with Gasteiger partial charge < -0.3 is 15.2 Å². The highest BCUT2D eigenvalue weighted by atomic mass is 35.5. The van der Waals surface area contributed by atoms with Gasteiger partial charge in [-0.15, -0.1) is 0 Å². The third-order valence-electron chi connectivity index (χ3n) is 5.29. The highest BCUT2D eigenvalue weighted by Gasteiger charge is 2.35. The zero-order chi connectivity index (χ0) is 21.5. The first-order valence-electron chi connectivity index (χ1n) is 9.78. The van der Waals surface area contributed by atoms with Crippen LogP contribution in [0.25, 0.3) is 0 Å². The quantitative estimate of drug-likeness (QED) is 0.566. The van der Waals surface area contributed by atoms with Crippen LogP contribution >= 0.6 is 11.6 Å². The van der Waals surface area contributed by atoms with Crippen molar-refractivity contribution >= 4 is 34.9 Å². The molecule has 0 saturated heterocycles. The van der Waals surface area contributed by atoms with Crippen LogP contribution in [0.5, 0.6) is 0 Å². The summed E-state index contributed by atoms with van der Waals surface area (Å²) in [7, 11) is 0. The van der Waals surface area contributed by atoms with Crippen molar-refractivity contribution in [1.82, 2.24) is 9.88 Å². The summed E-state index contributed by atoms with van der Waals surface area (Å²) in [5.74, 6) is -1.56. The standard InChI is InChI=1S/C22H26ClN3O3/c1-11(2)24-22(29)20(27)18-14(5)19(26-13(4)7-9-17(18)26)21(28)25-15-8-6-12(3)16(23)10-15/h6,8,10-11,13H,7,9H2,1-5H3,(H,24,29)(H,25,28)/t13-/m0/s1. The fourth-order valence-electron chi connectivity index (χ4n) is 3.86. The Morgan fingerprint density at radius 2 is 1.90 bits per heavy atom. The molecule has 2 aromatic rings. The number of hydrogen-bond acceptors (Lipinski definition) is 3. The Morgan fingerprint density at radius 3 is 2.52 bits per heavy atom. The highest BCUT2D eigenvalue weighted by Crippen LogP contribution is 2.36. The molecule has 2 amide bonds. The Labute approximate surface area is 175 Å². The monoisotopic (exact) mass is 415 g/mol. The Balaban J connectivity index is 2.01. The molecule has 0 radical (unpaired) electrons. The highest BCUT2D eigenvalue weighted by molar-refractivity contribution is 6.43. The smallest absolute Gasteiger partial charge is 0.292 e. The van der Waals surface area contributed by atoms with E-state index in [1.165, 1.54) is 0 Å². The molecule has 0 fully saturated rings. The van der Waals surface area contributed by atoms with E-state index in [2.05, 4.69) is 10.6 Å². The van der Waals surface area contributed by atoms with Crippen LogP contribution in [0.1, 0.15) is 70.9 Å². The number of amides is 2. The van der Waals surface area contributed by atoms with Crippen molar-refractivity contribution in [3.05, 3.63) is 51.3 Å². The fourth-order valence-corrected chi connectivity index (χ4v) is 4.04. The van der Waals surface area contributed by atoms with E-state index in [1.54, 1.807) is 32.9 Å². The number of carbonyl (C=O) groups is 3. The van der Waals surface area contributed by atoms with Crippen molar-refractivity contribution in [3.63, 3.8) is 0 Å². The average molecular weight is 416 g/mol. The molecule has 0 bridgehead atoms. The van der Waals surface area contributed by atoms with Gasteiger partial charge in [0, 0.05) is 28.5 Å². The van der Waals surface area contributed by atoms with Crippen molar-refractivity contribution in [2.24, 2.45) is 0 Å². The summed E-state index contributed by atoms with van der Waals surface area (Å²) in [4.78, 5) is 38.3. The van der Waals surface area contributed by atoms with Crippen molar-refractivity contribution in [3.8, 4) is 0 Å². The molecule has 154 valence electrons. The molecule has 6 nitrogen and oxygen atoms in total. The molecular weight excluding hydrogens is 390 g/mol. The Morgan fingerprint density at radius 1 is 1.21 bits per heavy atom. The number of carbonyl (C=O) groups excluding carboxylic acids is 3. The molecule has 1 aliphatic heterocycles. The van der Waals surface area contributed by atoms with E-state index < -0.39 is 11.7 Å². The van der Waals surface area contributed by atoms with Crippen molar-refractivity contribution in [2.75, 3.05) is 5.32 Å². The van der Waals surface area contributed by atoms with Crippen molar-refractivity contribution < 1.29 is 14.4 Å².